The maximum absolute atomic E-state index is 6.05. The molecule has 0 aromatic heterocycles. The summed E-state index contributed by atoms with van der Waals surface area (Å²) >= 11 is 6.05. The molecule has 2 unspecified atom stereocenters. The fourth-order valence-electron chi connectivity index (χ4n) is 4.85. The Kier molecular flexibility index (Phi) is 15.6. The lowest BCUT2D eigenvalue weighted by Gasteiger charge is -2.37. The normalized spacial score (nSPS) is 23.0. The van der Waals surface area contributed by atoms with E-state index in [0.29, 0.717) is 30.1 Å². The van der Waals surface area contributed by atoms with Gasteiger partial charge >= 0.3 is 0 Å². The Morgan fingerprint density at radius 3 is 2.28 bits per heavy atom. The van der Waals surface area contributed by atoms with Gasteiger partial charge in [-0.3, -0.25) is 5.32 Å². The van der Waals surface area contributed by atoms with Crippen molar-refractivity contribution >= 4 is 11.6 Å². The first kappa shape index (κ1) is 31.2. The van der Waals surface area contributed by atoms with Crippen LogP contribution in [-0.4, -0.2) is 72.3 Å². The second-order valence-electron chi connectivity index (χ2n) is 9.29. The van der Waals surface area contributed by atoms with Crippen molar-refractivity contribution in [2.24, 2.45) is 5.92 Å². The van der Waals surface area contributed by atoms with Crippen LogP contribution in [0, 0.1) is 5.92 Å². The lowest BCUT2D eigenvalue weighted by atomic mass is 9.89. The highest BCUT2D eigenvalue weighted by molar-refractivity contribution is 6.30. The minimum Gasteiger partial charge on any atom is -0.412 e. The smallest absolute Gasteiger partial charge is 0.0574 e. The van der Waals surface area contributed by atoms with Gasteiger partial charge < -0.3 is 32.0 Å². The van der Waals surface area contributed by atoms with Crippen molar-refractivity contribution < 1.29 is 16.4 Å². The summed E-state index contributed by atoms with van der Waals surface area (Å²) in [5, 5.41) is 12.1. The first-order valence-corrected chi connectivity index (χ1v) is 12.1. The quantitative estimate of drug-likeness (QED) is 0.502. The average Bonchev–Trinajstić information content (AvgIpc) is 2.72. The minimum atomic E-state index is 0. The topological polar surface area (TPSA) is 134 Å². The third-order valence-electron chi connectivity index (χ3n) is 6.75. The second-order valence-corrected chi connectivity index (χ2v) is 9.73. The molecule has 3 rings (SSSR count). The average molecular weight is 475 g/mol. The number of hydrogen-bond acceptors (Lipinski definition) is 4. The third-order valence-corrected chi connectivity index (χ3v) is 7.00. The molecular weight excluding hydrogens is 428 g/mol. The van der Waals surface area contributed by atoms with Crippen LogP contribution in [0.1, 0.15) is 64.4 Å². The monoisotopic (exact) mass is 474 g/mol. The summed E-state index contributed by atoms with van der Waals surface area (Å²) < 4.78 is 0. The number of halogens is 1. The molecule has 0 saturated carbocycles. The van der Waals surface area contributed by atoms with Gasteiger partial charge in [-0.2, -0.15) is 0 Å². The number of piperidine rings is 2. The summed E-state index contributed by atoms with van der Waals surface area (Å²) in [4.78, 5) is 2.67. The van der Waals surface area contributed by atoms with Crippen LogP contribution in [0.2, 0.25) is 5.02 Å². The highest BCUT2D eigenvalue weighted by Gasteiger charge is 2.25. The van der Waals surface area contributed by atoms with E-state index in [-0.39, 0.29) is 16.4 Å². The molecule has 2 saturated heterocycles. The van der Waals surface area contributed by atoms with Gasteiger partial charge in [0.25, 0.3) is 0 Å². The molecule has 2 fully saturated rings. The van der Waals surface area contributed by atoms with Crippen LogP contribution in [0.4, 0.5) is 0 Å². The van der Waals surface area contributed by atoms with E-state index in [1.165, 1.54) is 50.8 Å². The number of rotatable bonds is 9. The third kappa shape index (κ3) is 9.61. The lowest BCUT2D eigenvalue weighted by Crippen LogP contribution is -2.55. The van der Waals surface area contributed by atoms with Crippen molar-refractivity contribution in [1.29, 1.82) is 0 Å². The maximum atomic E-state index is 6.05. The van der Waals surface area contributed by atoms with Gasteiger partial charge in [-0.25, -0.2) is 0 Å². The van der Waals surface area contributed by atoms with Crippen molar-refractivity contribution in [3.63, 3.8) is 0 Å². The minimum absolute atomic E-state index is 0. The van der Waals surface area contributed by atoms with Gasteiger partial charge in [0, 0.05) is 30.2 Å². The zero-order valence-corrected chi connectivity index (χ0v) is 20.8. The van der Waals surface area contributed by atoms with Gasteiger partial charge in [-0.1, -0.05) is 44.5 Å². The number of likely N-dealkylation sites (tertiary alicyclic amines) is 1. The summed E-state index contributed by atoms with van der Waals surface area (Å²) in [5.41, 5.74) is 1.45. The molecule has 0 radical (unpaired) electrons. The predicted octanol–water partition coefficient (Wildman–Crippen LogP) is 1.74. The van der Waals surface area contributed by atoms with Crippen LogP contribution >= 0.6 is 11.6 Å². The lowest BCUT2D eigenvalue weighted by molar-refractivity contribution is 0.171. The van der Waals surface area contributed by atoms with Crippen molar-refractivity contribution in [1.82, 2.24) is 20.9 Å². The Balaban J connectivity index is 0.00000320. The first-order chi connectivity index (χ1) is 14.0. The van der Waals surface area contributed by atoms with Crippen LogP contribution < -0.4 is 16.0 Å². The number of benzene rings is 1. The van der Waals surface area contributed by atoms with Crippen molar-refractivity contribution in [2.45, 2.75) is 77.0 Å². The molecule has 188 valence electrons. The van der Waals surface area contributed by atoms with Crippen LogP contribution in [0.25, 0.3) is 0 Å². The summed E-state index contributed by atoms with van der Waals surface area (Å²) in [6.07, 6.45) is 6.85. The molecule has 0 aliphatic carbocycles. The van der Waals surface area contributed by atoms with E-state index in [9.17, 15) is 0 Å². The summed E-state index contributed by atoms with van der Waals surface area (Å²) in [6.45, 7) is 12.6. The number of nitrogens with zero attached hydrogens (tertiary/aromatic N) is 1. The van der Waals surface area contributed by atoms with Crippen molar-refractivity contribution in [2.75, 3.05) is 32.7 Å². The van der Waals surface area contributed by atoms with E-state index in [4.69, 9.17) is 11.6 Å². The Hall–Kier alpha value is -0.770. The summed E-state index contributed by atoms with van der Waals surface area (Å²) in [5.74, 6) is 1.33. The van der Waals surface area contributed by atoms with E-state index in [2.05, 4.69) is 53.8 Å². The molecule has 2 heterocycles. The van der Waals surface area contributed by atoms with E-state index >= 15 is 0 Å². The van der Waals surface area contributed by atoms with E-state index < -0.39 is 0 Å². The highest BCUT2D eigenvalue weighted by Crippen LogP contribution is 2.29. The van der Waals surface area contributed by atoms with Gasteiger partial charge in [0.05, 0.1) is 6.17 Å². The Labute approximate surface area is 199 Å². The van der Waals surface area contributed by atoms with Gasteiger partial charge in [-0.05, 0) is 81.3 Å². The van der Waals surface area contributed by atoms with E-state index in [1.54, 1.807) is 0 Å². The fourth-order valence-corrected chi connectivity index (χ4v) is 4.98. The number of hydrogen-bond donors (Lipinski definition) is 3. The molecule has 1 aromatic rings. The second kappa shape index (κ2) is 16.0. The largest absolute Gasteiger partial charge is 0.412 e. The molecular formula is C24H47ClN4O3. The van der Waals surface area contributed by atoms with Crippen LogP contribution in [0.3, 0.4) is 0 Å². The van der Waals surface area contributed by atoms with E-state index in [0.717, 1.165) is 24.7 Å². The number of nitrogens with one attached hydrogen (secondary N) is 3. The zero-order valence-electron chi connectivity index (χ0n) is 20.1. The molecule has 0 amide bonds. The SMILES string of the molecule is CCNC1CCCC(CN[C@@H](CN2CCC(c3ccc(Cl)cc3)CC2)C(C)C)N1.O.O.O. The first-order valence-electron chi connectivity index (χ1n) is 11.8. The standard InChI is InChI=1S/C24H41ClN4.3H2O/c1-4-26-24-7-5-6-22(28-24)16-27-23(18(2)3)17-29-14-12-20(13-15-29)19-8-10-21(25)11-9-19;;;/h8-11,18,20,22-24,26-28H,4-7,12-17H2,1-3H3;3*1H2/t22?,23-,24?;;;/m0.../s1. The molecule has 3 atom stereocenters. The Morgan fingerprint density at radius 1 is 1.03 bits per heavy atom. The van der Waals surface area contributed by atoms with Crippen LogP contribution in [-0.2, 0) is 0 Å². The highest BCUT2D eigenvalue weighted by atomic mass is 35.5. The van der Waals surface area contributed by atoms with Crippen molar-refractivity contribution in [3.8, 4) is 0 Å². The molecule has 2 aliphatic heterocycles. The molecule has 7 nitrogen and oxygen atoms in total. The summed E-state index contributed by atoms with van der Waals surface area (Å²) in [7, 11) is 0. The molecule has 8 heteroatoms. The molecule has 1 aromatic carbocycles. The summed E-state index contributed by atoms with van der Waals surface area (Å²) in [6, 6.07) is 9.62. The molecule has 0 bridgehead atoms. The molecule has 32 heavy (non-hydrogen) atoms. The Bertz CT molecular complexity index is 595. The fraction of sp³-hybridized carbons (Fsp3) is 0.750. The van der Waals surface area contributed by atoms with Crippen molar-refractivity contribution in [3.05, 3.63) is 34.9 Å². The Morgan fingerprint density at radius 2 is 1.69 bits per heavy atom. The van der Waals surface area contributed by atoms with E-state index in [1.807, 2.05) is 12.1 Å². The molecule has 9 N–H and O–H groups in total. The van der Waals surface area contributed by atoms with Gasteiger partial charge in [0.1, 0.15) is 0 Å². The van der Waals surface area contributed by atoms with Gasteiger partial charge in [0.2, 0.25) is 0 Å². The molecule has 2 aliphatic rings. The van der Waals surface area contributed by atoms with Crippen LogP contribution in [0.5, 0.6) is 0 Å². The van der Waals surface area contributed by atoms with Gasteiger partial charge in [0.15, 0.2) is 0 Å². The van der Waals surface area contributed by atoms with Crippen LogP contribution in [0.15, 0.2) is 24.3 Å². The zero-order chi connectivity index (χ0) is 20.6. The molecule has 0 spiro atoms. The maximum Gasteiger partial charge on any atom is 0.0574 e. The van der Waals surface area contributed by atoms with Gasteiger partial charge in [-0.15, -0.1) is 0 Å². The predicted molar refractivity (Wildman–Crippen MR) is 136 cm³/mol.